The number of hydrogen-bond donors (Lipinski definition) is 2. The molecule has 0 fully saturated rings. The van der Waals surface area contributed by atoms with Crippen LogP contribution >= 0.6 is 0 Å². The van der Waals surface area contributed by atoms with Crippen LogP contribution in [0.15, 0.2) is 6.07 Å². The van der Waals surface area contributed by atoms with Crippen molar-refractivity contribution in [2.45, 2.75) is 51.8 Å². The summed E-state index contributed by atoms with van der Waals surface area (Å²) in [7, 11) is 0. The van der Waals surface area contributed by atoms with Gasteiger partial charge in [0.25, 0.3) is 0 Å². The van der Waals surface area contributed by atoms with E-state index in [-0.39, 0.29) is 11.7 Å². The van der Waals surface area contributed by atoms with Crippen molar-refractivity contribution in [3.8, 4) is 0 Å². The molecule has 1 aromatic rings. The van der Waals surface area contributed by atoms with Gasteiger partial charge in [-0.15, -0.1) is 0 Å². The molecule has 1 aromatic heterocycles. The fourth-order valence-corrected chi connectivity index (χ4v) is 2.18. The molecule has 1 atom stereocenters. The molecule has 7 heteroatoms. The van der Waals surface area contributed by atoms with Gasteiger partial charge >= 0.3 is 12.1 Å². The first kappa shape index (κ1) is 14.4. The van der Waals surface area contributed by atoms with E-state index in [2.05, 4.69) is 10.4 Å². The molecule has 2 N–H and O–H groups in total. The predicted molar refractivity (Wildman–Crippen MR) is 70.5 cm³/mol. The molecule has 1 amide bonds. The number of hydrogen-bond acceptors (Lipinski definition) is 4. The topological polar surface area (TPSA) is 93.5 Å². The van der Waals surface area contributed by atoms with Gasteiger partial charge in [0.05, 0.1) is 11.7 Å². The number of aromatic carboxylic acids is 1. The van der Waals surface area contributed by atoms with E-state index in [4.69, 9.17) is 9.84 Å². The Balaban J connectivity index is 2.12. The van der Waals surface area contributed by atoms with Crippen LogP contribution in [0.4, 0.5) is 4.79 Å². The smallest absolute Gasteiger partial charge is 0.408 e. The maximum Gasteiger partial charge on any atom is 0.408 e. The molecular formula is C13H19N3O4. The number of nitrogens with zero attached hydrogens (tertiary/aromatic N) is 2. The Morgan fingerprint density at radius 1 is 1.50 bits per heavy atom. The lowest BCUT2D eigenvalue weighted by molar-refractivity contribution is 0.0493. The molecule has 110 valence electrons. The summed E-state index contributed by atoms with van der Waals surface area (Å²) in [6.07, 6.45) is 1.06. The van der Waals surface area contributed by atoms with Gasteiger partial charge < -0.3 is 15.2 Å². The molecule has 1 aliphatic heterocycles. The highest BCUT2D eigenvalue weighted by atomic mass is 16.6. The van der Waals surface area contributed by atoms with Crippen molar-refractivity contribution in [2.24, 2.45) is 0 Å². The third kappa shape index (κ3) is 3.28. The number of aromatic nitrogens is 2. The number of fused-ring (bicyclic) bond motifs is 1. The van der Waals surface area contributed by atoms with Gasteiger partial charge in [-0.1, -0.05) is 0 Å². The average Bonchev–Trinajstić information content (AvgIpc) is 2.71. The van der Waals surface area contributed by atoms with Gasteiger partial charge in [-0.3, -0.25) is 4.68 Å². The molecule has 20 heavy (non-hydrogen) atoms. The van der Waals surface area contributed by atoms with Crippen molar-refractivity contribution < 1.29 is 19.4 Å². The van der Waals surface area contributed by atoms with Crippen LogP contribution in [0, 0.1) is 0 Å². The molecule has 1 unspecified atom stereocenters. The van der Waals surface area contributed by atoms with E-state index in [0.717, 1.165) is 12.8 Å². The van der Waals surface area contributed by atoms with Crippen molar-refractivity contribution >= 4 is 12.1 Å². The number of carbonyl (C=O) groups excluding carboxylic acids is 1. The van der Waals surface area contributed by atoms with Gasteiger partial charge in [0.2, 0.25) is 0 Å². The number of carboxylic acids is 1. The Bertz CT molecular complexity index is 530. The molecule has 1 aliphatic rings. The van der Waals surface area contributed by atoms with Gasteiger partial charge in [0.15, 0.2) is 5.69 Å². The van der Waals surface area contributed by atoms with Crippen LogP contribution in [0.25, 0.3) is 0 Å². The maximum atomic E-state index is 11.8. The molecular weight excluding hydrogens is 262 g/mol. The maximum absolute atomic E-state index is 11.8. The number of amides is 1. The normalized spacial score (nSPS) is 18.2. The molecule has 0 bridgehead atoms. The van der Waals surface area contributed by atoms with Gasteiger partial charge in [-0.05, 0) is 39.7 Å². The Labute approximate surface area is 116 Å². The van der Waals surface area contributed by atoms with Crippen molar-refractivity contribution in [3.63, 3.8) is 0 Å². The summed E-state index contributed by atoms with van der Waals surface area (Å²) < 4.78 is 6.85. The second-order valence-electron chi connectivity index (χ2n) is 5.82. The van der Waals surface area contributed by atoms with Gasteiger partial charge in [-0.2, -0.15) is 5.10 Å². The molecule has 2 rings (SSSR count). The third-order valence-corrected chi connectivity index (χ3v) is 2.94. The third-order valence-electron chi connectivity index (χ3n) is 2.94. The summed E-state index contributed by atoms with van der Waals surface area (Å²) in [4.78, 5) is 22.7. The van der Waals surface area contributed by atoms with Crippen LogP contribution in [0.3, 0.4) is 0 Å². The quantitative estimate of drug-likeness (QED) is 0.864. The van der Waals surface area contributed by atoms with E-state index in [9.17, 15) is 9.59 Å². The monoisotopic (exact) mass is 281 g/mol. The number of aryl methyl sites for hydroxylation is 1. The number of nitrogens with one attached hydrogen (secondary N) is 1. The highest BCUT2D eigenvalue weighted by molar-refractivity contribution is 5.85. The highest BCUT2D eigenvalue weighted by Crippen LogP contribution is 2.25. The lowest BCUT2D eigenvalue weighted by Gasteiger charge is -2.26. The van der Waals surface area contributed by atoms with Crippen LogP contribution in [0.2, 0.25) is 0 Å². The fraction of sp³-hybridized carbons (Fsp3) is 0.615. The number of carboxylic acid groups (broad SMARTS) is 1. The van der Waals surface area contributed by atoms with Crippen LogP contribution in [0.1, 0.15) is 55.8 Å². The van der Waals surface area contributed by atoms with Gasteiger partial charge in [0, 0.05) is 6.54 Å². The second kappa shape index (κ2) is 5.15. The van der Waals surface area contributed by atoms with E-state index < -0.39 is 17.7 Å². The van der Waals surface area contributed by atoms with E-state index in [1.807, 2.05) is 0 Å². The Morgan fingerprint density at radius 2 is 2.20 bits per heavy atom. The molecule has 0 aliphatic carbocycles. The molecule has 0 radical (unpaired) electrons. The molecule has 0 saturated carbocycles. The molecule has 0 spiro atoms. The number of carbonyl (C=O) groups is 2. The zero-order valence-corrected chi connectivity index (χ0v) is 11.8. The molecule has 2 heterocycles. The summed E-state index contributed by atoms with van der Waals surface area (Å²) in [5.74, 6) is -1.07. The van der Waals surface area contributed by atoms with E-state index >= 15 is 0 Å². The minimum atomic E-state index is -1.07. The lowest BCUT2D eigenvalue weighted by atomic mass is 10.0. The summed E-state index contributed by atoms with van der Waals surface area (Å²) in [6, 6.07) is 1.24. The molecule has 0 saturated heterocycles. The first-order chi connectivity index (χ1) is 9.26. The number of ether oxygens (including phenoxy) is 1. The predicted octanol–water partition coefficient (Wildman–Crippen LogP) is 1.94. The first-order valence-corrected chi connectivity index (χ1v) is 6.57. The Morgan fingerprint density at radius 3 is 2.80 bits per heavy atom. The van der Waals surface area contributed by atoms with Crippen LogP contribution in [-0.4, -0.2) is 32.6 Å². The molecule has 0 aromatic carbocycles. The van der Waals surface area contributed by atoms with E-state index in [0.29, 0.717) is 12.2 Å². The minimum absolute atomic E-state index is 0.00195. The zero-order valence-electron chi connectivity index (χ0n) is 11.8. The SMILES string of the molecule is CC(C)(C)OC(=O)NC1CCCn2nc(C(=O)O)cc21. The standard InChI is InChI=1S/C13H19N3O4/c1-13(2,3)20-12(19)14-8-5-4-6-16-10(8)7-9(15-16)11(17)18/h7-8H,4-6H2,1-3H3,(H,14,19)(H,17,18). The first-order valence-electron chi connectivity index (χ1n) is 6.57. The van der Waals surface area contributed by atoms with Crippen LogP contribution in [0.5, 0.6) is 0 Å². The average molecular weight is 281 g/mol. The summed E-state index contributed by atoms with van der Waals surface area (Å²) in [6.45, 7) is 6.04. The Hall–Kier alpha value is -2.05. The number of alkyl carbamates (subject to hydrolysis) is 1. The number of rotatable bonds is 2. The largest absolute Gasteiger partial charge is 0.476 e. The minimum Gasteiger partial charge on any atom is -0.476 e. The van der Waals surface area contributed by atoms with Crippen LogP contribution < -0.4 is 5.32 Å². The second-order valence-corrected chi connectivity index (χ2v) is 5.82. The van der Waals surface area contributed by atoms with E-state index in [1.54, 1.807) is 25.5 Å². The van der Waals surface area contributed by atoms with Crippen molar-refractivity contribution in [1.29, 1.82) is 0 Å². The van der Waals surface area contributed by atoms with Crippen molar-refractivity contribution in [3.05, 3.63) is 17.5 Å². The summed E-state index contributed by atoms with van der Waals surface area (Å²) >= 11 is 0. The van der Waals surface area contributed by atoms with Crippen molar-refractivity contribution in [1.82, 2.24) is 15.1 Å². The lowest BCUT2D eigenvalue weighted by Crippen LogP contribution is -2.37. The van der Waals surface area contributed by atoms with Gasteiger partial charge in [0.1, 0.15) is 5.60 Å². The zero-order chi connectivity index (χ0) is 14.9. The summed E-state index contributed by atoms with van der Waals surface area (Å²) in [5, 5.41) is 15.7. The van der Waals surface area contributed by atoms with Crippen molar-refractivity contribution in [2.75, 3.05) is 0 Å². The highest BCUT2D eigenvalue weighted by Gasteiger charge is 2.27. The van der Waals surface area contributed by atoms with E-state index in [1.165, 1.54) is 6.07 Å². The fourth-order valence-electron chi connectivity index (χ4n) is 2.18. The molecule has 7 nitrogen and oxygen atoms in total. The summed E-state index contributed by atoms with van der Waals surface area (Å²) in [5.41, 5.74) is 0.142. The van der Waals surface area contributed by atoms with Gasteiger partial charge in [-0.25, -0.2) is 9.59 Å². The van der Waals surface area contributed by atoms with Crippen LogP contribution in [-0.2, 0) is 11.3 Å². The Kier molecular flexibility index (Phi) is 3.69.